The first-order valence-electron chi connectivity index (χ1n) is 6.48. The van der Waals surface area contributed by atoms with Gasteiger partial charge in [-0.1, -0.05) is 26.8 Å². The minimum Gasteiger partial charge on any atom is -0.363 e. The van der Waals surface area contributed by atoms with Gasteiger partial charge in [-0.25, -0.2) is 0 Å². The zero-order chi connectivity index (χ0) is 12.3. The lowest BCUT2D eigenvalue weighted by Crippen LogP contribution is -2.43. The van der Waals surface area contributed by atoms with Crippen LogP contribution < -0.4 is 0 Å². The molecule has 1 aliphatic rings. The molecule has 0 aromatic rings. The van der Waals surface area contributed by atoms with Gasteiger partial charge < -0.3 is 4.90 Å². The summed E-state index contributed by atoms with van der Waals surface area (Å²) in [7, 11) is 0. The van der Waals surface area contributed by atoms with E-state index in [0.29, 0.717) is 17.5 Å². The summed E-state index contributed by atoms with van der Waals surface area (Å²) in [6.07, 6.45) is 9.38. The lowest BCUT2D eigenvalue weighted by Gasteiger charge is -2.42. The maximum atomic E-state index is 2.47. The highest BCUT2D eigenvalue weighted by Gasteiger charge is 2.24. The number of hydrogen-bond donors (Lipinski definition) is 0. The van der Waals surface area contributed by atoms with E-state index < -0.39 is 0 Å². The maximum Gasteiger partial charge on any atom is 0.0470 e. The highest BCUT2D eigenvalue weighted by molar-refractivity contribution is 5.29. The fourth-order valence-corrected chi connectivity index (χ4v) is 2.20. The van der Waals surface area contributed by atoms with Gasteiger partial charge in [0.1, 0.15) is 0 Å². The second-order valence-corrected chi connectivity index (χ2v) is 6.33. The van der Waals surface area contributed by atoms with Crippen LogP contribution in [0.4, 0.5) is 0 Å². The van der Waals surface area contributed by atoms with Crippen LogP contribution in [0.15, 0.2) is 23.9 Å². The van der Waals surface area contributed by atoms with Gasteiger partial charge >= 0.3 is 0 Å². The van der Waals surface area contributed by atoms with Gasteiger partial charge in [-0.15, -0.1) is 0 Å². The van der Waals surface area contributed by atoms with Gasteiger partial charge in [0.2, 0.25) is 0 Å². The molecule has 0 bridgehead atoms. The lowest BCUT2D eigenvalue weighted by molar-refractivity contribution is 0.218. The Bertz CT molecular complexity index is 278. The van der Waals surface area contributed by atoms with Crippen LogP contribution >= 0.6 is 0 Å². The van der Waals surface area contributed by atoms with Crippen molar-refractivity contribution in [3.05, 3.63) is 23.9 Å². The van der Waals surface area contributed by atoms with Crippen LogP contribution in [0.25, 0.3) is 0 Å². The Labute approximate surface area is 101 Å². The third-order valence-corrected chi connectivity index (χ3v) is 3.05. The molecule has 0 aliphatic carbocycles. The van der Waals surface area contributed by atoms with E-state index in [0.717, 1.165) is 0 Å². The molecule has 1 nitrogen and oxygen atoms in total. The van der Waals surface area contributed by atoms with E-state index in [9.17, 15) is 0 Å². The van der Waals surface area contributed by atoms with Crippen molar-refractivity contribution in [1.29, 1.82) is 0 Å². The van der Waals surface area contributed by atoms with E-state index in [4.69, 9.17) is 0 Å². The summed E-state index contributed by atoms with van der Waals surface area (Å²) in [5.41, 5.74) is 1.85. The minimum absolute atomic E-state index is 0.448. The normalized spacial score (nSPS) is 21.6. The first-order valence-corrected chi connectivity index (χ1v) is 6.48. The first-order chi connectivity index (χ1) is 7.31. The molecular formula is C15H27N. The van der Waals surface area contributed by atoms with Crippen molar-refractivity contribution < 1.29 is 0 Å². The van der Waals surface area contributed by atoms with Gasteiger partial charge in [0.15, 0.2) is 0 Å². The second kappa shape index (κ2) is 5.07. The number of nitrogens with zero attached hydrogens (tertiary/aromatic N) is 1. The van der Waals surface area contributed by atoms with Crippen LogP contribution in [0.1, 0.15) is 54.4 Å². The molecule has 0 fully saturated rings. The summed E-state index contributed by atoms with van der Waals surface area (Å²) < 4.78 is 0. The Hall–Kier alpha value is -0.720. The topological polar surface area (TPSA) is 3.24 Å². The molecule has 1 heteroatoms. The summed E-state index contributed by atoms with van der Waals surface area (Å²) >= 11 is 0. The largest absolute Gasteiger partial charge is 0.363 e. The smallest absolute Gasteiger partial charge is 0.0470 e. The van der Waals surface area contributed by atoms with E-state index in [2.05, 4.69) is 64.7 Å². The standard InChI is InChI=1S/C15H27N/c1-12(2)16-13(3)11-14(16)9-7-8-10-15(4,5)6/h7,9,11-13H,8,10H2,1-6H3/b9-7-/t13-/m0/s1. The molecule has 0 aromatic heterocycles. The van der Waals surface area contributed by atoms with E-state index >= 15 is 0 Å². The zero-order valence-electron chi connectivity index (χ0n) is 11.7. The summed E-state index contributed by atoms with van der Waals surface area (Å²) in [5.74, 6) is 0. The molecule has 0 saturated heterocycles. The second-order valence-electron chi connectivity index (χ2n) is 6.33. The predicted octanol–water partition coefficient (Wildman–Crippen LogP) is 4.37. The summed E-state index contributed by atoms with van der Waals surface area (Å²) in [4.78, 5) is 2.47. The van der Waals surface area contributed by atoms with Crippen molar-refractivity contribution >= 4 is 0 Å². The third-order valence-electron chi connectivity index (χ3n) is 3.05. The van der Waals surface area contributed by atoms with Crippen molar-refractivity contribution in [3.8, 4) is 0 Å². The number of hydrogen-bond acceptors (Lipinski definition) is 1. The van der Waals surface area contributed by atoms with Gasteiger partial charge in [-0.3, -0.25) is 0 Å². The van der Waals surface area contributed by atoms with Crippen molar-refractivity contribution in [2.75, 3.05) is 0 Å². The van der Waals surface area contributed by atoms with Crippen LogP contribution in [0.3, 0.4) is 0 Å². The monoisotopic (exact) mass is 221 g/mol. The average molecular weight is 221 g/mol. The fourth-order valence-electron chi connectivity index (χ4n) is 2.20. The van der Waals surface area contributed by atoms with E-state index in [1.165, 1.54) is 18.5 Å². The van der Waals surface area contributed by atoms with Crippen molar-refractivity contribution in [3.63, 3.8) is 0 Å². The van der Waals surface area contributed by atoms with Gasteiger partial charge in [-0.2, -0.15) is 0 Å². The Morgan fingerprint density at radius 3 is 2.44 bits per heavy atom. The minimum atomic E-state index is 0.448. The molecule has 16 heavy (non-hydrogen) atoms. The van der Waals surface area contributed by atoms with Gasteiger partial charge in [-0.05, 0) is 51.2 Å². The quantitative estimate of drug-likeness (QED) is 0.681. The molecule has 92 valence electrons. The van der Waals surface area contributed by atoms with Crippen molar-refractivity contribution in [2.24, 2.45) is 5.41 Å². The maximum absolute atomic E-state index is 2.47. The highest BCUT2D eigenvalue weighted by atomic mass is 15.2. The van der Waals surface area contributed by atoms with E-state index in [-0.39, 0.29) is 0 Å². The van der Waals surface area contributed by atoms with Crippen molar-refractivity contribution in [2.45, 2.75) is 66.5 Å². The molecule has 1 aliphatic heterocycles. The number of allylic oxidation sites excluding steroid dienone is 2. The van der Waals surface area contributed by atoms with Crippen LogP contribution in [0, 0.1) is 5.41 Å². The van der Waals surface area contributed by atoms with Crippen LogP contribution in [0.2, 0.25) is 0 Å². The molecular weight excluding hydrogens is 194 g/mol. The highest BCUT2D eigenvalue weighted by Crippen LogP contribution is 2.27. The molecule has 0 saturated carbocycles. The van der Waals surface area contributed by atoms with Gasteiger partial charge in [0.25, 0.3) is 0 Å². The molecule has 0 radical (unpaired) electrons. The summed E-state index contributed by atoms with van der Waals surface area (Å²) in [6.45, 7) is 13.7. The Morgan fingerprint density at radius 2 is 2.00 bits per heavy atom. The third kappa shape index (κ3) is 3.70. The van der Waals surface area contributed by atoms with Crippen LogP contribution in [-0.2, 0) is 0 Å². The molecule has 0 amide bonds. The molecule has 1 atom stereocenters. The van der Waals surface area contributed by atoms with Crippen molar-refractivity contribution in [1.82, 2.24) is 4.90 Å². The van der Waals surface area contributed by atoms with E-state index in [1.54, 1.807) is 0 Å². The van der Waals surface area contributed by atoms with E-state index in [1.807, 2.05) is 0 Å². The first kappa shape index (κ1) is 13.3. The summed E-state index contributed by atoms with van der Waals surface area (Å²) in [5, 5.41) is 0. The lowest BCUT2D eigenvalue weighted by atomic mass is 9.90. The molecule has 0 unspecified atom stereocenters. The van der Waals surface area contributed by atoms with Crippen LogP contribution in [0.5, 0.6) is 0 Å². The van der Waals surface area contributed by atoms with Crippen LogP contribution in [-0.4, -0.2) is 17.0 Å². The van der Waals surface area contributed by atoms with Gasteiger partial charge in [0, 0.05) is 17.8 Å². The molecule has 0 N–H and O–H groups in total. The Balaban J connectivity index is 2.39. The van der Waals surface area contributed by atoms with Gasteiger partial charge in [0.05, 0.1) is 0 Å². The zero-order valence-corrected chi connectivity index (χ0v) is 11.7. The predicted molar refractivity (Wildman–Crippen MR) is 72.3 cm³/mol. The fraction of sp³-hybridized carbons (Fsp3) is 0.733. The average Bonchev–Trinajstić information content (AvgIpc) is 2.06. The SMILES string of the molecule is CC(C)N1C(/C=C\CCC(C)(C)C)=C[C@@H]1C. The number of rotatable bonds is 4. The molecule has 1 rings (SSSR count). The molecule has 0 aromatic carbocycles. The Morgan fingerprint density at radius 1 is 1.38 bits per heavy atom. The molecule has 0 spiro atoms. The summed E-state index contributed by atoms with van der Waals surface area (Å²) in [6, 6.07) is 1.23. The Kier molecular flexibility index (Phi) is 4.23. The molecule has 1 heterocycles.